The van der Waals surface area contributed by atoms with Crippen molar-refractivity contribution in [3.8, 4) is 5.75 Å². The van der Waals surface area contributed by atoms with Gasteiger partial charge in [-0.1, -0.05) is 30.3 Å². The predicted octanol–water partition coefficient (Wildman–Crippen LogP) is 4.17. The van der Waals surface area contributed by atoms with Gasteiger partial charge in [0.25, 0.3) is 5.91 Å². The van der Waals surface area contributed by atoms with Gasteiger partial charge >= 0.3 is 5.97 Å². The number of esters is 1. The van der Waals surface area contributed by atoms with E-state index in [1.54, 1.807) is 37.1 Å². The largest absolute Gasteiger partial charge is 0.482 e. The van der Waals surface area contributed by atoms with Crippen LogP contribution in [0.3, 0.4) is 0 Å². The summed E-state index contributed by atoms with van der Waals surface area (Å²) in [4.78, 5) is 30.8. The molecule has 1 aliphatic heterocycles. The molecule has 2 aromatic rings. The average molecular weight is 410 g/mol. The van der Waals surface area contributed by atoms with Gasteiger partial charge in [0.2, 0.25) is 0 Å². The number of carbonyl (C=O) groups is 2. The summed E-state index contributed by atoms with van der Waals surface area (Å²) in [5.41, 5.74) is 2.68. The van der Waals surface area contributed by atoms with E-state index in [2.05, 4.69) is 4.99 Å². The van der Waals surface area contributed by atoms with Crippen molar-refractivity contribution in [1.29, 1.82) is 0 Å². The number of nitrogens with zero attached hydrogens (tertiary/aromatic N) is 2. The van der Waals surface area contributed by atoms with Crippen LogP contribution in [0.5, 0.6) is 5.75 Å². The van der Waals surface area contributed by atoms with Gasteiger partial charge in [0, 0.05) is 7.05 Å². The first kappa shape index (κ1) is 20.7. The monoisotopic (exact) mass is 410 g/mol. The molecule has 150 valence electrons. The molecule has 0 radical (unpaired) electrons. The van der Waals surface area contributed by atoms with E-state index in [4.69, 9.17) is 9.47 Å². The minimum Gasteiger partial charge on any atom is -0.482 e. The average Bonchev–Trinajstić information content (AvgIpc) is 2.96. The summed E-state index contributed by atoms with van der Waals surface area (Å²) in [6.45, 7) is 3.89. The molecule has 1 aliphatic rings. The minimum absolute atomic E-state index is 0.111. The number of hydrogen-bond acceptors (Lipinski definition) is 6. The quantitative estimate of drug-likeness (QED) is 0.528. The molecule has 0 aromatic heterocycles. The number of likely N-dealkylation sites (N-methyl/N-ethyl adjacent to an activating group) is 1. The van der Waals surface area contributed by atoms with Gasteiger partial charge in [0.1, 0.15) is 5.75 Å². The fourth-order valence-electron chi connectivity index (χ4n) is 2.63. The maximum atomic E-state index is 12.6. The van der Waals surface area contributed by atoms with Crippen molar-refractivity contribution < 1.29 is 19.1 Å². The van der Waals surface area contributed by atoms with E-state index < -0.39 is 5.97 Å². The second-order valence-electron chi connectivity index (χ2n) is 6.32. The lowest BCUT2D eigenvalue weighted by Gasteiger charge is -2.08. The highest BCUT2D eigenvalue weighted by Gasteiger charge is 2.30. The standard InChI is InChI=1S/C22H22N2O4S/c1-4-27-20(25)14-28-17-10-7-9-16(12-17)13-19-21(26)24(3)22(29-19)23-18-11-6-5-8-15(18)2/h5-13H,4,14H2,1-3H3/b19-13+,23-22?. The number of rotatable bonds is 6. The summed E-state index contributed by atoms with van der Waals surface area (Å²) in [6.07, 6.45) is 1.79. The zero-order valence-electron chi connectivity index (χ0n) is 16.5. The molecule has 0 N–H and O–H groups in total. The lowest BCUT2D eigenvalue weighted by atomic mass is 10.2. The summed E-state index contributed by atoms with van der Waals surface area (Å²) in [6, 6.07) is 15.0. The molecule has 0 bridgehead atoms. The van der Waals surface area contributed by atoms with Crippen molar-refractivity contribution in [3.05, 3.63) is 64.6 Å². The molecule has 0 atom stereocenters. The Balaban J connectivity index is 1.77. The van der Waals surface area contributed by atoms with Crippen LogP contribution >= 0.6 is 11.8 Å². The van der Waals surface area contributed by atoms with E-state index in [1.807, 2.05) is 43.3 Å². The van der Waals surface area contributed by atoms with Crippen molar-refractivity contribution in [3.63, 3.8) is 0 Å². The molecule has 7 heteroatoms. The van der Waals surface area contributed by atoms with E-state index in [0.717, 1.165) is 16.8 Å². The molecule has 0 aliphatic carbocycles. The normalized spacial score (nSPS) is 16.5. The van der Waals surface area contributed by atoms with Gasteiger partial charge in [-0.3, -0.25) is 9.69 Å². The van der Waals surface area contributed by atoms with Gasteiger partial charge in [-0.2, -0.15) is 0 Å². The van der Waals surface area contributed by atoms with Crippen molar-refractivity contribution in [2.75, 3.05) is 20.3 Å². The Morgan fingerprint density at radius 3 is 2.76 bits per heavy atom. The highest BCUT2D eigenvalue weighted by molar-refractivity contribution is 8.18. The molecule has 0 spiro atoms. The van der Waals surface area contributed by atoms with Crippen molar-refractivity contribution in [2.24, 2.45) is 4.99 Å². The number of para-hydroxylation sites is 1. The molecule has 29 heavy (non-hydrogen) atoms. The van der Waals surface area contributed by atoms with Gasteiger partial charge in [0.05, 0.1) is 17.2 Å². The van der Waals surface area contributed by atoms with Crippen LogP contribution in [0.25, 0.3) is 6.08 Å². The third-order valence-corrected chi connectivity index (χ3v) is 5.21. The van der Waals surface area contributed by atoms with Crippen LogP contribution in [0.2, 0.25) is 0 Å². The Bertz CT molecular complexity index is 984. The van der Waals surface area contributed by atoms with Gasteiger partial charge < -0.3 is 9.47 Å². The molecular weight excluding hydrogens is 388 g/mol. The number of benzene rings is 2. The summed E-state index contributed by atoms with van der Waals surface area (Å²) in [7, 11) is 1.71. The van der Waals surface area contributed by atoms with Crippen LogP contribution in [0.4, 0.5) is 5.69 Å². The molecule has 2 aromatic carbocycles. The van der Waals surface area contributed by atoms with Gasteiger partial charge in [-0.15, -0.1) is 0 Å². The Labute approximate surface area is 174 Å². The maximum Gasteiger partial charge on any atom is 0.344 e. The fraction of sp³-hybridized carbons (Fsp3) is 0.227. The number of carbonyl (C=O) groups excluding carboxylic acids is 2. The number of thioether (sulfide) groups is 1. The molecule has 0 unspecified atom stereocenters. The molecule has 1 amide bonds. The number of amides is 1. The first-order chi connectivity index (χ1) is 14.0. The summed E-state index contributed by atoms with van der Waals surface area (Å²) in [5.74, 6) is 0.00153. The molecule has 1 fully saturated rings. The van der Waals surface area contributed by atoms with E-state index >= 15 is 0 Å². The van der Waals surface area contributed by atoms with Crippen LogP contribution in [-0.2, 0) is 14.3 Å². The second-order valence-corrected chi connectivity index (χ2v) is 7.33. The highest BCUT2D eigenvalue weighted by atomic mass is 32.2. The van der Waals surface area contributed by atoms with Crippen molar-refractivity contribution in [2.45, 2.75) is 13.8 Å². The third-order valence-electron chi connectivity index (χ3n) is 4.15. The summed E-state index contributed by atoms with van der Waals surface area (Å²) in [5, 5.41) is 0.630. The minimum atomic E-state index is -0.420. The van der Waals surface area contributed by atoms with Crippen molar-refractivity contribution in [1.82, 2.24) is 4.90 Å². The number of amidine groups is 1. The number of aliphatic imine (C=N–C) groups is 1. The molecule has 6 nitrogen and oxygen atoms in total. The Morgan fingerprint density at radius 2 is 2.00 bits per heavy atom. The predicted molar refractivity (Wildman–Crippen MR) is 115 cm³/mol. The van der Waals surface area contributed by atoms with Crippen LogP contribution in [0.1, 0.15) is 18.1 Å². The van der Waals surface area contributed by atoms with E-state index in [9.17, 15) is 9.59 Å². The topological polar surface area (TPSA) is 68.2 Å². The number of hydrogen-bond donors (Lipinski definition) is 0. The molecule has 1 saturated heterocycles. The van der Waals surface area contributed by atoms with Crippen LogP contribution in [0.15, 0.2) is 58.4 Å². The van der Waals surface area contributed by atoms with Gasteiger partial charge in [-0.25, -0.2) is 9.79 Å². The molecule has 0 saturated carbocycles. The van der Waals surface area contributed by atoms with E-state index in [1.165, 1.54) is 11.8 Å². The fourth-order valence-corrected chi connectivity index (χ4v) is 3.61. The second kappa shape index (κ2) is 9.43. The summed E-state index contributed by atoms with van der Waals surface area (Å²) >= 11 is 1.33. The van der Waals surface area contributed by atoms with E-state index in [-0.39, 0.29) is 12.5 Å². The first-order valence-corrected chi connectivity index (χ1v) is 10.00. The lowest BCUT2D eigenvalue weighted by Crippen LogP contribution is -2.23. The van der Waals surface area contributed by atoms with Gasteiger partial charge in [-0.05, 0) is 61.0 Å². The van der Waals surface area contributed by atoms with Crippen LogP contribution in [-0.4, -0.2) is 42.2 Å². The maximum absolute atomic E-state index is 12.6. The van der Waals surface area contributed by atoms with Crippen LogP contribution < -0.4 is 4.74 Å². The Hall–Kier alpha value is -3.06. The SMILES string of the molecule is CCOC(=O)COc1cccc(/C=C2/SC(=Nc3ccccc3C)N(C)C2=O)c1. The van der Waals surface area contributed by atoms with Gasteiger partial charge in [0.15, 0.2) is 11.8 Å². The smallest absolute Gasteiger partial charge is 0.344 e. The van der Waals surface area contributed by atoms with E-state index in [0.29, 0.717) is 22.4 Å². The Morgan fingerprint density at radius 1 is 1.21 bits per heavy atom. The van der Waals surface area contributed by atoms with Crippen LogP contribution in [0, 0.1) is 6.92 Å². The molecule has 1 heterocycles. The molecule has 3 rings (SSSR count). The van der Waals surface area contributed by atoms with Crippen molar-refractivity contribution >= 4 is 40.6 Å². The lowest BCUT2D eigenvalue weighted by molar-refractivity contribution is -0.145. The third kappa shape index (κ3) is 5.26. The number of ether oxygens (including phenoxy) is 2. The number of aryl methyl sites for hydroxylation is 1. The highest BCUT2D eigenvalue weighted by Crippen LogP contribution is 2.34. The zero-order chi connectivity index (χ0) is 20.8. The summed E-state index contributed by atoms with van der Waals surface area (Å²) < 4.78 is 10.3. The Kier molecular flexibility index (Phi) is 6.72. The first-order valence-electron chi connectivity index (χ1n) is 9.18. The molecular formula is C22H22N2O4S. The zero-order valence-corrected chi connectivity index (χ0v) is 17.4.